The van der Waals surface area contributed by atoms with Crippen molar-refractivity contribution in [1.29, 1.82) is 0 Å². The zero-order valence-corrected chi connectivity index (χ0v) is 11.3. The number of carbonyl (C=O) groups is 1. The van der Waals surface area contributed by atoms with Crippen LogP contribution in [-0.4, -0.2) is 34.9 Å². The van der Waals surface area contributed by atoms with Crippen molar-refractivity contribution in [2.75, 3.05) is 13.1 Å². The average Bonchev–Trinajstić information content (AvgIpc) is 2.45. The van der Waals surface area contributed by atoms with Crippen molar-refractivity contribution in [3.8, 4) is 0 Å². The van der Waals surface area contributed by atoms with Crippen LogP contribution in [0.4, 0.5) is 8.78 Å². The van der Waals surface area contributed by atoms with E-state index < -0.39 is 23.5 Å². The molecular formula is C13H17F2N3O2. The summed E-state index contributed by atoms with van der Waals surface area (Å²) in [6, 6.07) is 3.44. The highest BCUT2D eigenvalue weighted by Crippen LogP contribution is 2.14. The predicted octanol–water partition coefficient (Wildman–Crippen LogP) is 1.81. The second-order valence-electron chi connectivity index (χ2n) is 4.37. The molecule has 1 unspecified atom stereocenters. The van der Waals surface area contributed by atoms with Crippen molar-refractivity contribution < 1.29 is 18.8 Å². The Balaban J connectivity index is 2.95. The van der Waals surface area contributed by atoms with E-state index in [-0.39, 0.29) is 24.5 Å². The van der Waals surface area contributed by atoms with Gasteiger partial charge in [0.2, 0.25) is 0 Å². The smallest absolute Gasteiger partial charge is 0.256 e. The van der Waals surface area contributed by atoms with Crippen LogP contribution >= 0.6 is 0 Å². The third kappa shape index (κ3) is 3.43. The molecule has 1 amide bonds. The Hall–Kier alpha value is -2.18. The normalized spacial score (nSPS) is 13.1. The fourth-order valence-corrected chi connectivity index (χ4v) is 1.72. The van der Waals surface area contributed by atoms with Crippen LogP contribution in [0.25, 0.3) is 0 Å². The first-order valence-corrected chi connectivity index (χ1v) is 6.13. The van der Waals surface area contributed by atoms with E-state index in [1.165, 1.54) is 17.0 Å². The van der Waals surface area contributed by atoms with Crippen LogP contribution in [0.3, 0.4) is 0 Å². The number of benzene rings is 1. The number of amides is 1. The van der Waals surface area contributed by atoms with Gasteiger partial charge in [-0.15, -0.1) is 0 Å². The highest BCUT2D eigenvalue weighted by Gasteiger charge is 2.22. The molecule has 0 saturated carbocycles. The van der Waals surface area contributed by atoms with E-state index in [9.17, 15) is 13.6 Å². The van der Waals surface area contributed by atoms with Gasteiger partial charge in [-0.25, -0.2) is 8.78 Å². The van der Waals surface area contributed by atoms with E-state index >= 15 is 0 Å². The van der Waals surface area contributed by atoms with Crippen LogP contribution < -0.4 is 5.73 Å². The summed E-state index contributed by atoms with van der Waals surface area (Å²) >= 11 is 0. The molecule has 1 rings (SSSR count). The molecule has 0 fully saturated rings. The molecule has 0 aromatic heterocycles. The molecule has 20 heavy (non-hydrogen) atoms. The molecule has 0 saturated heterocycles. The number of halogens is 2. The molecule has 5 nitrogen and oxygen atoms in total. The molecule has 0 bridgehead atoms. The number of nitrogens with zero attached hydrogens (tertiary/aromatic N) is 2. The van der Waals surface area contributed by atoms with Gasteiger partial charge in [0, 0.05) is 19.0 Å². The van der Waals surface area contributed by atoms with Crippen molar-refractivity contribution in [2.24, 2.45) is 16.8 Å². The van der Waals surface area contributed by atoms with Gasteiger partial charge in [0.1, 0.15) is 5.84 Å². The largest absolute Gasteiger partial charge is 0.409 e. The number of amidine groups is 1. The number of hydrogen-bond donors (Lipinski definition) is 2. The van der Waals surface area contributed by atoms with Gasteiger partial charge in [-0.1, -0.05) is 18.1 Å². The molecule has 0 spiro atoms. The van der Waals surface area contributed by atoms with E-state index in [1.54, 1.807) is 13.8 Å². The summed E-state index contributed by atoms with van der Waals surface area (Å²) in [6.45, 7) is 3.79. The van der Waals surface area contributed by atoms with Gasteiger partial charge in [-0.05, 0) is 19.1 Å². The maximum atomic E-state index is 13.6. The molecular weight excluding hydrogens is 268 g/mol. The SMILES string of the molecule is CCN(CC(C)C(N)=NO)C(=O)c1cccc(F)c1F. The van der Waals surface area contributed by atoms with Gasteiger partial charge in [-0.3, -0.25) is 4.79 Å². The van der Waals surface area contributed by atoms with Crippen molar-refractivity contribution in [3.63, 3.8) is 0 Å². The van der Waals surface area contributed by atoms with Gasteiger partial charge in [0.25, 0.3) is 5.91 Å². The molecule has 0 aliphatic heterocycles. The fourth-order valence-electron chi connectivity index (χ4n) is 1.72. The molecule has 3 N–H and O–H groups in total. The van der Waals surface area contributed by atoms with Crippen LogP contribution in [0.5, 0.6) is 0 Å². The number of nitrogens with two attached hydrogens (primary N) is 1. The van der Waals surface area contributed by atoms with E-state index in [0.29, 0.717) is 0 Å². The minimum Gasteiger partial charge on any atom is -0.409 e. The second kappa shape index (κ2) is 6.83. The summed E-state index contributed by atoms with van der Waals surface area (Å²) < 4.78 is 26.7. The Labute approximate surface area is 115 Å². The lowest BCUT2D eigenvalue weighted by Gasteiger charge is -2.24. The molecule has 7 heteroatoms. The van der Waals surface area contributed by atoms with E-state index in [4.69, 9.17) is 10.9 Å². The summed E-state index contributed by atoms with van der Waals surface area (Å²) in [5.41, 5.74) is 5.11. The van der Waals surface area contributed by atoms with Gasteiger partial charge in [-0.2, -0.15) is 0 Å². The zero-order chi connectivity index (χ0) is 15.3. The second-order valence-corrected chi connectivity index (χ2v) is 4.37. The van der Waals surface area contributed by atoms with Crippen LogP contribution in [0.15, 0.2) is 23.4 Å². The Morgan fingerprint density at radius 3 is 2.70 bits per heavy atom. The average molecular weight is 285 g/mol. The summed E-state index contributed by atoms with van der Waals surface area (Å²) in [7, 11) is 0. The summed E-state index contributed by atoms with van der Waals surface area (Å²) in [5.74, 6) is -3.32. The van der Waals surface area contributed by atoms with Crippen molar-refractivity contribution in [3.05, 3.63) is 35.4 Å². The molecule has 110 valence electrons. The molecule has 1 aromatic carbocycles. The third-order valence-corrected chi connectivity index (χ3v) is 2.97. The lowest BCUT2D eigenvalue weighted by molar-refractivity contribution is 0.0748. The minimum atomic E-state index is -1.17. The fraction of sp³-hybridized carbons (Fsp3) is 0.385. The monoisotopic (exact) mass is 285 g/mol. The van der Waals surface area contributed by atoms with Gasteiger partial charge < -0.3 is 15.8 Å². The van der Waals surface area contributed by atoms with Crippen LogP contribution in [0.2, 0.25) is 0 Å². The molecule has 0 aliphatic rings. The molecule has 1 aromatic rings. The first kappa shape index (κ1) is 15.9. The van der Waals surface area contributed by atoms with E-state index in [1.807, 2.05) is 0 Å². The highest BCUT2D eigenvalue weighted by atomic mass is 19.2. The quantitative estimate of drug-likeness (QED) is 0.375. The van der Waals surface area contributed by atoms with Gasteiger partial charge in [0.05, 0.1) is 5.56 Å². The zero-order valence-electron chi connectivity index (χ0n) is 11.3. The van der Waals surface area contributed by atoms with Crippen LogP contribution in [0, 0.1) is 17.6 Å². The van der Waals surface area contributed by atoms with Gasteiger partial charge in [0.15, 0.2) is 11.6 Å². The standard InChI is InChI=1S/C13H17F2N3O2/c1-3-18(7-8(2)12(16)17-20)13(19)9-5-4-6-10(14)11(9)15/h4-6,8,20H,3,7H2,1-2H3,(H2,16,17). The first-order chi connectivity index (χ1) is 9.42. The Kier molecular flexibility index (Phi) is 5.42. The van der Waals surface area contributed by atoms with Crippen LogP contribution in [0.1, 0.15) is 24.2 Å². The van der Waals surface area contributed by atoms with Crippen LogP contribution in [-0.2, 0) is 0 Å². The van der Waals surface area contributed by atoms with Crippen molar-refractivity contribution in [1.82, 2.24) is 4.90 Å². The summed E-state index contributed by atoms with van der Waals surface area (Å²) in [5, 5.41) is 11.4. The Morgan fingerprint density at radius 1 is 1.50 bits per heavy atom. The van der Waals surface area contributed by atoms with Crippen molar-refractivity contribution in [2.45, 2.75) is 13.8 Å². The number of rotatable bonds is 5. The maximum absolute atomic E-state index is 13.6. The lowest BCUT2D eigenvalue weighted by Crippen LogP contribution is -2.39. The van der Waals surface area contributed by atoms with E-state index in [2.05, 4.69) is 5.16 Å². The van der Waals surface area contributed by atoms with Gasteiger partial charge >= 0.3 is 0 Å². The number of hydrogen-bond acceptors (Lipinski definition) is 3. The molecule has 0 aliphatic carbocycles. The predicted molar refractivity (Wildman–Crippen MR) is 70.5 cm³/mol. The molecule has 0 heterocycles. The topological polar surface area (TPSA) is 78.9 Å². The highest BCUT2D eigenvalue weighted by molar-refractivity contribution is 5.95. The summed E-state index contributed by atoms with van der Waals surface area (Å²) in [6.07, 6.45) is 0. The van der Waals surface area contributed by atoms with E-state index in [0.717, 1.165) is 6.07 Å². The first-order valence-electron chi connectivity index (χ1n) is 6.13. The van der Waals surface area contributed by atoms with Crippen molar-refractivity contribution >= 4 is 11.7 Å². The molecule has 1 atom stereocenters. The molecule has 0 radical (unpaired) electrons. The number of carbonyl (C=O) groups excluding carboxylic acids is 1. The Morgan fingerprint density at radius 2 is 2.15 bits per heavy atom. The minimum absolute atomic E-state index is 0.0315. The summed E-state index contributed by atoms with van der Waals surface area (Å²) in [4.78, 5) is 13.5. The Bertz CT molecular complexity index is 520. The third-order valence-electron chi connectivity index (χ3n) is 2.97. The lowest BCUT2D eigenvalue weighted by atomic mass is 10.1. The maximum Gasteiger partial charge on any atom is 0.256 e. The number of oxime groups is 1.